The topological polar surface area (TPSA) is 60.9 Å². The first kappa shape index (κ1) is 15.2. The molecule has 0 bridgehead atoms. The summed E-state index contributed by atoms with van der Waals surface area (Å²) in [5.41, 5.74) is 0.501. The molecule has 0 aliphatic carbocycles. The van der Waals surface area contributed by atoms with Gasteiger partial charge in [-0.15, -0.1) is 11.3 Å². The molecule has 0 radical (unpaired) electrons. The van der Waals surface area contributed by atoms with Crippen LogP contribution in [0, 0.1) is 11.8 Å². The average Bonchev–Trinajstić information content (AvgIpc) is 2.83. The van der Waals surface area contributed by atoms with Gasteiger partial charge in [-0.25, -0.2) is 0 Å². The second-order valence-corrected chi connectivity index (χ2v) is 5.02. The van der Waals surface area contributed by atoms with E-state index in [2.05, 4.69) is 11.8 Å². The van der Waals surface area contributed by atoms with E-state index in [1.54, 1.807) is 32.6 Å². The third-order valence-electron chi connectivity index (χ3n) is 2.35. The highest BCUT2D eigenvalue weighted by Gasteiger charge is 2.16. The number of carbonyl (C=O) groups excluding carboxylic acids is 2. The smallest absolute Gasteiger partial charge is 0.254 e. The van der Waals surface area contributed by atoms with E-state index in [0.717, 1.165) is 0 Å². The van der Waals surface area contributed by atoms with E-state index in [1.165, 1.54) is 21.1 Å². The van der Waals surface area contributed by atoms with Crippen molar-refractivity contribution in [2.45, 2.75) is 0 Å². The minimum Gasteiger partial charge on any atom is -0.384 e. The molecule has 1 aromatic rings. The van der Waals surface area contributed by atoms with Crippen molar-refractivity contribution in [1.82, 2.24) is 9.80 Å². The summed E-state index contributed by atoms with van der Waals surface area (Å²) in [5, 5.41) is 10.3. The number of thiophene rings is 1. The summed E-state index contributed by atoms with van der Waals surface area (Å²) in [6.45, 7) is -0.169. The van der Waals surface area contributed by atoms with E-state index in [1.807, 2.05) is 0 Å². The Labute approximate surface area is 116 Å². The van der Waals surface area contributed by atoms with Crippen LogP contribution in [0.1, 0.15) is 15.2 Å². The molecule has 1 N–H and O–H groups in total. The van der Waals surface area contributed by atoms with Crippen LogP contribution in [0.5, 0.6) is 0 Å². The molecule has 0 unspecified atom stereocenters. The van der Waals surface area contributed by atoms with Gasteiger partial charge in [0, 0.05) is 26.5 Å². The SMILES string of the molecule is CN(C)C(=O)CN(C)C(=O)c1csc(C#CCO)c1. The van der Waals surface area contributed by atoms with E-state index in [0.29, 0.717) is 10.4 Å². The predicted octanol–water partition coefficient (Wildman–Crippen LogP) is 0.252. The van der Waals surface area contributed by atoms with Gasteiger partial charge < -0.3 is 14.9 Å². The molecule has 0 atom stereocenters. The molecule has 0 fully saturated rings. The zero-order chi connectivity index (χ0) is 14.4. The van der Waals surface area contributed by atoms with Crippen molar-refractivity contribution >= 4 is 23.2 Å². The van der Waals surface area contributed by atoms with Gasteiger partial charge in [-0.2, -0.15) is 0 Å². The Morgan fingerprint density at radius 3 is 2.63 bits per heavy atom. The summed E-state index contributed by atoms with van der Waals surface area (Å²) >= 11 is 1.33. The Kier molecular flexibility index (Phi) is 5.55. The first-order valence-electron chi connectivity index (χ1n) is 5.59. The largest absolute Gasteiger partial charge is 0.384 e. The van der Waals surface area contributed by atoms with Gasteiger partial charge in [0.2, 0.25) is 5.91 Å². The molecule has 1 aromatic heterocycles. The van der Waals surface area contributed by atoms with Crippen LogP contribution in [0.15, 0.2) is 11.4 Å². The fraction of sp³-hybridized carbons (Fsp3) is 0.385. The number of aliphatic hydroxyl groups excluding tert-OH is 1. The normalized spacial score (nSPS) is 9.47. The summed E-state index contributed by atoms with van der Waals surface area (Å²) in [7, 11) is 4.88. The van der Waals surface area contributed by atoms with Crippen molar-refractivity contribution in [1.29, 1.82) is 0 Å². The van der Waals surface area contributed by atoms with Crippen molar-refractivity contribution in [2.75, 3.05) is 34.3 Å². The van der Waals surface area contributed by atoms with Gasteiger partial charge in [0.05, 0.1) is 17.0 Å². The van der Waals surface area contributed by atoms with Gasteiger partial charge in [-0.05, 0) is 6.07 Å². The Bertz CT molecular complexity index is 525. The van der Waals surface area contributed by atoms with Crippen molar-refractivity contribution < 1.29 is 14.7 Å². The molecule has 19 heavy (non-hydrogen) atoms. The lowest BCUT2D eigenvalue weighted by Crippen LogP contribution is -2.37. The summed E-state index contributed by atoms with van der Waals surface area (Å²) in [4.78, 5) is 27.1. The maximum atomic E-state index is 12.1. The highest BCUT2D eigenvalue weighted by Crippen LogP contribution is 2.15. The fourth-order valence-corrected chi connectivity index (χ4v) is 2.03. The number of carbonyl (C=O) groups is 2. The first-order chi connectivity index (χ1) is 8.95. The first-order valence-corrected chi connectivity index (χ1v) is 6.47. The zero-order valence-electron chi connectivity index (χ0n) is 11.1. The lowest BCUT2D eigenvalue weighted by Gasteiger charge is -2.18. The lowest BCUT2D eigenvalue weighted by atomic mass is 10.2. The van der Waals surface area contributed by atoms with Crippen LogP contribution in [0.4, 0.5) is 0 Å². The van der Waals surface area contributed by atoms with E-state index in [4.69, 9.17) is 5.11 Å². The number of aliphatic hydroxyl groups is 1. The van der Waals surface area contributed by atoms with Gasteiger partial charge in [-0.1, -0.05) is 11.8 Å². The molecule has 0 aliphatic heterocycles. The van der Waals surface area contributed by atoms with E-state index in [9.17, 15) is 9.59 Å². The third-order valence-corrected chi connectivity index (χ3v) is 3.20. The maximum Gasteiger partial charge on any atom is 0.254 e. The molecule has 0 saturated carbocycles. The number of hydrogen-bond acceptors (Lipinski definition) is 4. The quantitative estimate of drug-likeness (QED) is 0.808. The number of hydrogen-bond donors (Lipinski definition) is 1. The third kappa shape index (κ3) is 4.39. The van der Waals surface area contributed by atoms with Crippen LogP contribution in [0.2, 0.25) is 0 Å². The molecule has 1 rings (SSSR count). The van der Waals surface area contributed by atoms with Crippen LogP contribution >= 0.6 is 11.3 Å². The molecule has 6 heteroatoms. The maximum absolute atomic E-state index is 12.1. The van der Waals surface area contributed by atoms with E-state index in [-0.39, 0.29) is 25.0 Å². The Balaban J connectivity index is 2.72. The zero-order valence-corrected chi connectivity index (χ0v) is 12.0. The van der Waals surface area contributed by atoms with E-state index < -0.39 is 0 Å². The van der Waals surface area contributed by atoms with E-state index >= 15 is 0 Å². The minimum absolute atomic E-state index is 0.0410. The molecule has 0 aromatic carbocycles. The molecular weight excluding hydrogens is 264 g/mol. The van der Waals surface area contributed by atoms with Crippen LogP contribution in [0.25, 0.3) is 0 Å². The number of rotatable bonds is 3. The molecule has 5 nitrogen and oxygen atoms in total. The molecule has 0 aliphatic rings. The Morgan fingerprint density at radius 2 is 2.05 bits per heavy atom. The molecule has 0 saturated heterocycles. The highest BCUT2D eigenvalue weighted by atomic mass is 32.1. The summed E-state index contributed by atoms with van der Waals surface area (Å²) in [5.74, 6) is 4.91. The molecular formula is C13H16N2O3S. The summed E-state index contributed by atoms with van der Waals surface area (Å²) in [6.07, 6.45) is 0. The van der Waals surface area contributed by atoms with Crippen LogP contribution < -0.4 is 0 Å². The molecule has 102 valence electrons. The van der Waals surface area contributed by atoms with Gasteiger partial charge in [0.1, 0.15) is 6.61 Å². The molecule has 2 amide bonds. The van der Waals surface area contributed by atoms with Crippen molar-refractivity contribution in [3.8, 4) is 11.8 Å². The standard InChI is InChI=1S/C13H16N2O3S/c1-14(2)12(17)8-15(3)13(18)10-7-11(19-9-10)5-4-6-16/h7,9,16H,6,8H2,1-3H3. The van der Waals surface area contributed by atoms with Gasteiger partial charge in [0.15, 0.2) is 0 Å². The van der Waals surface area contributed by atoms with Crippen molar-refractivity contribution in [2.24, 2.45) is 0 Å². The highest BCUT2D eigenvalue weighted by molar-refractivity contribution is 7.10. The van der Waals surface area contributed by atoms with Crippen LogP contribution in [-0.2, 0) is 4.79 Å². The predicted molar refractivity (Wildman–Crippen MR) is 73.9 cm³/mol. The molecule has 0 spiro atoms. The second-order valence-electron chi connectivity index (χ2n) is 4.11. The number of nitrogens with zero attached hydrogens (tertiary/aromatic N) is 2. The second kappa shape index (κ2) is 6.92. The van der Waals surface area contributed by atoms with Crippen molar-refractivity contribution in [3.63, 3.8) is 0 Å². The summed E-state index contributed by atoms with van der Waals surface area (Å²) in [6, 6.07) is 1.66. The van der Waals surface area contributed by atoms with Crippen molar-refractivity contribution in [3.05, 3.63) is 21.9 Å². The number of likely N-dealkylation sites (N-methyl/N-ethyl adjacent to an activating group) is 2. The van der Waals surface area contributed by atoms with Gasteiger partial charge >= 0.3 is 0 Å². The monoisotopic (exact) mass is 280 g/mol. The Hall–Kier alpha value is -1.84. The lowest BCUT2D eigenvalue weighted by molar-refractivity contribution is -0.129. The van der Waals surface area contributed by atoms with Crippen LogP contribution in [0.3, 0.4) is 0 Å². The van der Waals surface area contributed by atoms with Crippen LogP contribution in [-0.4, -0.2) is 61.0 Å². The van der Waals surface area contributed by atoms with Gasteiger partial charge in [0.25, 0.3) is 5.91 Å². The summed E-state index contributed by atoms with van der Waals surface area (Å²) < 4.78 is 0. The Morgan fingerprint density at radius 1 is 1.37 bits per heavy atom. The van der Waals surface area contributed by atoms with Gasteiger partial charge in [-0.3, -0.25) is 9.59 Å². The average molecular weight is 280 g/mol. The molecule has 1 heterocycles. The minimum atomic E-state index is -0.219. The number of amides is 2. The fourth-order valence-electron chi connectivity index (χ4n) is 1.28.